The van der Waals surface area contributed by atoms with Crippen molar-refractivity contribution < 1.29 is 9.53 Å². The Kier molecular flexibility index (Phi) is 11.8. The maximum atomic E-state index is 12.1. The van der Waals surface area contributed by atoms with Crippen molar-refractivity contribution in [3.05, 3.63) is 5.82 Å². The highest BCUT2D eigenvalue weighted by Gasteiger charge is 2.23. The van der Waals surface area contributed by atoms with Crippen LogP contribution in [0.25, 0.3) is 0 Å². The van der Waals surface area contributed by atoms with Gasteiger partial charge in [0, 0.05) is 63.8 Å². The minimum Gasteiger partial charge on any atom is -0.444 e. The average Bonchev–Trinajstić information content (AvgIpc) is 3.17. The Morgan fingerprint density at radius 2 is 1.94 bits per heavy atom. The topological polar surface area (TPSA) is 95.0 Å². The van der Waals surface area contributed by atoms with E-state index in [9.17, 15) is 4.79 Å². The molecule has 1 aliphatic rings. The summed E-state index contributed by atoms with van der Waals surface area (Å²) in [7, 11) is 1.79. The van der Waals surface area contributed by atoms with E-state index in [-0.39, 0.29) is 36.1 Å². The van der Waals surface area contributed by atoms with Gasteiger partial charge in [0.15, 0.2) is 5.96 Å². The van der Waals surface area contributed by atoms with E-state index >= 15 is 0 Å². The zero-order valence-electron chi connectivity index (χ0n) is 19.6. The molecule has 0 bridgehead atoms. The van der Waals surface area contributed by atoms with Gasteiger partial charge in [-0.3, -0.25) is 4.99 Å². The van der Waals surface area contributed by atoms with E-state index in [0.717, 1.165) is 62.4 Å². The Balaban J connectivity index is 0.00000480. The van der Waals surface area contributed by atoms with Gasteiger partial charge in [0.25, 0.3) is 0 Å². The lowest BCUT2D eigenvalue weighted by Crippen LogP contribution is -2.54. The first-order chi connectivity index (χ1) is 14.3. The summed E-state index contributed by atoms with van der Waals surface area (Å²) in [6, 6.07) is -0.0169. The minimum absolute atomic E-state index is 0. The number of ether oxygens (including phenoxy) is 1. The normalized spacial score (nSPS) is 15.9. The Bertz CT molecular complexity index is 700. The number of aryl methyl sites for hydroxylation is 1. The second-order valence-electron chi connectivity index (χ2n) is 8.38. The van der Waals surface area contributed by atoms with Gasteiger partial charge in [-0.1, -0.05) is 20.3 Å². The maximum Gasteiger partial charge on any atom is 0.407 e. The third-order valence-electron chi connectivity index (χ3n) is 4.70. The number of carbonyl (C=O) groups is 1. The van der Waals surface area contributed by atoms with E-state index in [2.05, 4.69) is 48.6 Å². The van der Waals surface area contributed by atoms with Gasteiger partial charge < -0.3 is 25.2 Å². The fourth-order valence-electron chi connectivity index (χ4n) is 3.22. The van der Waals surface area contributed by atoms with Crippen LogP contribution in [0.15, 0.2) is 4.99 Å². The number of nitrogens with one attached hydrogen (secondary N) is 2. The molecule has 2 N–H and O–H groups in total. The molecule has 0 aliphatic carbocycles. The van der Waals surface area contributed by atoms with Gasteiger partial charge in [-0.2, -0.15) is 4.37 Å². The van der Waals surface area contributed by atoms with Crippen molar-refractivity contribution in [1.82, 2.24) is 24.9 Å². The summed E-state index contributed by atoms with van der Waals surface area (Å²) >= 11 is 1.47. The average molecular weight is 568 g/mol. The van der Waals surface area contributed by atoms with Crippen LogP contribution in [0, 0.1) is 0 Å². The summed E-state index contributed by atoms with van der Waals surface area (Å²) in [6.07, 6.45) is 2.33. The van der Waals surface area contributed by atoms with Crippen molar-refractivity contribution >= 4 is 52.7 Å². The molecule has 1 atom stereocenters. The Morgan fingerprint density at radius 1 is 1.26 bits per heavy atom. The summed E-state index contributed by atoms with van der Waals surface area (Å²) in [6.45, 7) is 13.9. The molecule has 11 heteroatoms. The molecule has 1 saturated heterocycles. The van der Waals surface area contributed by atoms with Crippen LogP contribution in [0.2, 0.25) is 0 Å². The monoisotopic (exact) mass is 567 g/mol. The van der Waals surface area contributed by atoms with Gasteiger partial charge in [0.05, 0.1) is 0 Å². The highest BCUT2D eigenvalue weighted by Crippen LogP contribution is 2.19. The molecule has 1 aromatic heterocycles. The standard InChI is InChI=1S/C20H37N7O2S.HI/c1-7-9-15(23-19(28)29-20(3,4)5)14-22-17(21-6)26-10-12-27(13-11-26)18-24-16(8-2)25-30-18;/h15H,7-14H2,1-6H3,(H,21,22)(H,23,28);1H. The summed E-state index contributed by atoms with van der Waals surface area (Å²) < 4.78 is 9.78. The van der Waals surface area contributed by atoms with E-state index in [0.29, 0.717) is 6.54 Å². The molecule has 0 saturated carbocycles. The van der Waals surface area contributed by atoms with Crippen LogP contribution in [-0.4, -0.2) is 77.7 Å². The number of aliphatic imine (C=N–C) groups is 1. The van der Waals surface area contributed by atoms with Crippen LogP contribution in [0.3, 0.4) is 0 Å². The number of guanidine groups is 1. The summed E-state index contributed by atoms with van der Waals surface area (Å²) in [4.78, 5) is 25.7. The number of hydrogen-bond donors (Lipinski definition) is 2. The third kappa shape index (κ3) is 9.34. The van der Waals surface area contributed by atoms with Gasteiger partial charge in [-0.15, -0.1) is 24.0 Å². The summed E-state index contributed by atoms with van der Waals surface area (Å²) in [5, 5.41) is 7.39. The number of amides is 1. The van der Waals surface area contributed by atoms with Crippen LogP contribution < -0.4 is 15.5 Å². The lowest BCUT2D eigenvalue weighted by Gasteiger charge is -2.36. The second-order valence-corrected chi connectivity index (χ2v) is 9.11. The van der Waals surface area contributed by atoms with Crippen LogP contribution in [-0.2, 0) is 11.2 Å². The molecular weight excluding hydrogens is 529 g/mol. The molecular formula is C20H38IN7O2S. The number of rotatable bonds is 7. The quantitative estimate of drug-likeness (QED) is 0.297. The van der Waals surface area contributed by atoms with Crippen molar-refractivity contribution in [2.75, 3.05) is 44.7 Å². The summed E-state index contributed by atoms with van der Waals surface area (Å²) in [5.41, 5.74) is -0.505. The lowest BCUT2D eigenvalue weighted by molar-refractivity contribution is 0.0502. The molecule has 178 valence electrons. The Morgan fingerprint density at radius 3 is 2.45 bits per heavy atom. The van der Waals surface area contributed by atoms with E-state index in [4.69, 9.17) is 4.74 Å². The number of aromatic nitrogens is 2. The Labute approximate surface area is 207 Å². The molecule has 1 amide bonds. The first-order valence-corrected chi connectivity index (χ1v) is 11.6. The van der Waals surface area contributed by atoms with Gasteiger partial charge >= 0.3 is 6.09 Å². The van der Waals surface area contributed by atoms with Crippen LogP contribution >= 0.6 is 35.5 Å². The van der Waals surface area contributed by atoms with Gasteiger partial charge in [0.1, 0.15) is 11.4 Å². The fraction of sp³-hybridized carbons (Fsp3) is 0.800. The van der Waals surface area contributed by atoms with Gasteiger partial charge in [0.2, 0.25) is 5.13 Å². The molecule has 2 rings (SSSR count). The third-order valence-corrected chi connectivity index (χ3v) is 5.51. The van der Waals surface area contributed by atoms with Crippen molar-refractivity contribution in [1.29, 1.82) is 0 Å². The maximum absolute atomic E-state index is 12.1. The number of halogens is 1. The molecule has 0 radical (unpaired) electrons. The number of hydrogen-bond acceptors (Lipinski definition) is 7. The van der Waals surface area contributed by atoms with Crippen LogP contribution in [0.4, 0.5) is 9.93 Å². The highest BCUT2D eigenvalue weighted by molar-refractivity contribution is 14.0. The van der Waals surface area contributed by atoms with Crippen molar-refractivity contribution in [3.8, 4) is 0 Å². The zero-order chi connectivity index (χ0) is 22.1. The predicted octanol–water partition coefficient (Wildman–Crippen LogP) is 3.11. The first-order valence-electron chi connectivity index (χ1n) is 10.8. The molecule has 1 unspecified atom stereocenters. The minimum atomic E-state index is -0.505. The van der Waals surface area contributed by atoms with E-state index in [1.54, 1.807) is 7.05 Å². The zero-order valence-corrected chi connectivity index (χ0v) is 22.8. The molecule has 0 spiro atoms. The number of alkyl carbamates (subject to hydrolysis) is 1. The molecule has 2 heterocycles. The number of carbonyl (C=O) groups excluding carboxylic acids is 1. The number of anilines is 1. The molecule has 1 aliphatic heterocycles. The predicted molar refractivity (Wildman–Crippen MR) is 138 cm³/mol. The summed E-state index contributed by atoms with van der Waals surface area (Å²) in [5.74, 6) is 1.77. The van der Waals surface area contributed by atoms with Crippen molar-refractivity contribution in [2.24, 2.45) is 4.99 Å². The molecule has 31 heavy (non-hydrogen) atoms. The van der Waals surface area contributed by atoms with Crippen molar-refractivity contribution in [2.45, 2.75) is 65.5 Å². The molecule has 0 aromatic carbocycles. The largest absolute Gasteiger partial charge is 0.444 e. The molecule has 1 aromatic rings. The van der Waals surface area contributed by atoms with Gasteiger partial charge in [-0.25, -0.2) is 9.78 Å². The van der Waals surface area contributed by atoms with Gasteiger partial charge in [-0.05, 0) is 27.2 Å². The number of nitrogens with zero attached hydrogens (tertiary/aromatic N) is 5. The van der Waals surface area contributed by atoms with E-state index in [1.807, 2.05) is 20.8 Å². The van der Waals surface area contributed by atoms with Crippen molar-refractivity contribution in [3.63, 3.8) is 0 Å². The second kappa shape index (κ2) is 13.2. The van der Waals surface area contributed by atoms with Crippen LogP contribution in [0.1, 0.15) is 53.3 Å². The van der Waals surface area contributed by atoms with Crippen LogP contribution in [0.5, 0.6) is 0 Å². The fourth-order valence-corrected chi connectivity index (χ4v) is 4.02. The van der Waals surface area contributed by atoms with E-state index in [1.165, 1.54) is 11.5 Å². The highest BCUT2D eigenvalue weighted by atomic mass is 127. The first kappa shape index (κ1) is 27.7. The Hall–Kier alpha value is -1.37. The molecule has 9 nitrogen and oxygen atoms in total. The van der Waals surface area contributed by atoms with E-state index < -0.39 is 5.60 Å². The smallest absolute Gasteiger partial charge is 0.407 e. The SMILES string of the molecule is CCCC(CNC(=NC)N1CCN(c2nc(CC)ns2)CC1)NC(=O)OC(C)(C)C.I. The lowest BCUT2D eigenvalue weighted by atomic mass is 10.1. The molecule has 1 fully saturated rings. The number of piperazine rings is 1.